The van der Waals surface area contributed by atoms with Gasteiger partial charge in [-0.2, -0.15) is 0 Å². The normalized spacial score (nSPS) is 14.5. The first-order valence-corrected chi connectivity index (χ1v) is 8.80. The molecule has 2 aromatic rings. The topological polar surface area (TPSA) is 68.2 Å². The predicted octanol–water partition coefficient (Wildman–Crippen LogP) is 2.42. The summed E-state index contributed by atoms with van der Waals surface area (Å²) in [4.78, 5) is 12.1. The van der Waals surface area contributed by atoms with Crippen molar-refractivity contribution in [1.82, 2.24) is 20.4 Å². The standard InChI is InChI=1S/C19H26N4O2/c1-23-13-17(18(22-23)25-2)12-21-19(24)20-11-14-7-9-15-5-3-4-6-16(15)10-8-14/h3-6,13-14H,7-12H2,1-2H3,(H2,20,21,24). The van der Waals surface area contributed by atoms with Gasteiger partial charge >= 0.3 is 6.03 Å². The summed E-state index contributed by atoms with van der Waals surface area (Å²) in [6.45, 7) is 1.11. The Morgan fingerprint density at radius 3 is 2.56 bits per heavy atom. The van der Waals surface area contributed by atoms with Crippen LogP contribution in [0.4, 0.5) is 4.79 Å². The molecule has 0 fully saturated rings. The van der Waals surface area contributed by atoms with Crippen molar-refractivity contribution in [2.75, 3.05) is 13.7 Å². The Bertz CT molecular complexity index is 699. The first-order chi connectivity index (χ1) is 12.2. The van der Waals surface area contributed by atoms with Crippen LogP contribution in [0.25, 0.3) is 0 Å². The zero-order valence-electron chi connectivity index (χ0n) is 14.9. The Balaban J connectivity index is 1.43. The van der Waals surface area contributed by atoms with Gasteiger partial charge in [-0.05, 0) is 42.7 Å². The molecule has 0 atom stereocenters. The third kappa shape index (κ3) is 4.53. The van der Waals surface area contributed by atoms with Gasteiger partial charge in [0.25, 0.3) is 0 Å². The molecule has 1 aromatic carbocycles. The van der Waals surface area contributed by atoms with E-state index in [1.807, 2.05) is 13.2 Å². The lowest BCUT2D eigenvalue weighted by atomic mass is 10.00. The van der Waals surface area contributed by atoms with Gasteiger partial charge in [-0.3, -0.25) is 4.68 Å². The Labute approximate surface area is 148 Å². The van der Waals surface area contributed by atoms with E-state index in [1.54, 1.807) is 11.8 Å². The van der Waals surface area contributed by atoms with Gasteiger partial charge < -0.3 is 15.4 Å². The molecule has 0 aliphatic heterocycles. The van der Waals surface area contributed by atoms with Gasteiger partial charge in [0.05, 0.1) is 19.2 Å². The number of nitrogens with one attached hydrogen (secondary N) is 2. The molecule has 0 bridgehead atoms. The highest BCUT2D eigenvalue weighted by Gasteiger charge is 2.17. The molecule has 0 radical (unpaired) electrons. The SMILES string of the molecule is COc1nn(C)cc1CNC(=O)NCC1CCc2ccccc2CC1. The van der Waals surface area contributed by atoms with E-state index in [0.717, 1.165) is 31.2 Å². The van der Waals surface area contributed by atoms with Gasteiger partial charge in [-0.25, -0.2) is 4.79 Å². The van der Waals surface area contributed by atoms with Crippen LogP contribution in [-0.2, 0) is 26.4 Å². The summed E-state index contributed by atoms with van der Waals surface area (Å²) in [6, 6.07) is 8.51. The zero-order valence-corrected chi connectivity index (χ0v) is 14.9. The summed E-state index contributed by atoms with van der Waals surface area (Å²) in [6.07, 6.45) is 6.27. The van der Waals surface area contributed by atoms with Crippen molar-refractivity contribution < 1.29 is 9.53 Å². The number of rotatable bonds is 5. The van der Waals surface area contributed by atoms with Crippen LogP contribution in [0, 0.1) is 5.92 Å². The Kier molecular flexibility index (Phi) is 5.58. The molecule has 0 saturated heterocycles. The van der Waals surface area contributed by atoms with Crippen molar-refractivity contribution >= 4 is 6.03 Å². The third-order valence-corrected chi connectivity index (χ3v) is 4.81. The number of amides is 2. The fraction of sp³-hybridized carbons (Fsp3) is 0.474. The number of aromatic nitrogens is 2. The summed E-state index contributed by atoms with van der Waals surface area (Å²) < 4.78 is 6.87. The molecule has 1 aromatic heterocycles. The van der Waals surface area contributed by atoms with E-state index in [4.69, 9.17) is 4.74 Å². The maximum Gasteiger partial charge on any atom is 0.315 e. The molecule has 134 valence electrons. The first kappa shape index (κ1) is 17.3. The maximum atomic E-state index is 12.1. The summed E-state index contributed by atoms with van der Waals surface area (Å²) in [5, 5.41) is 10.1. The third-order valence-electron chi connectivity index (χ3n) is 4.81. The minimum absolute atomic E-state index is 0.146. The summed E-state index contributed by atoms with van der Waals surface area (Å²) in [7, 11) is 3.41. The number of methoxy groups -OCH3 is 1. The minimum atomic E-state index is -0.146. The molecular weight excluding hydrogens is 316 g/mol. The molecule has 1 aliphatic carbocycles. The molecule has 0 saturated carbocycles. The molecule has 3 rings (SSSR count). The minimum Gasteiger partial charge on any atom is -0.480 e. The lowest BCUT2D eigenvalue weighted by molar-refractivity contribution is 0.237. The molecular formula is C19H26N4O2. The molecule has 0 spiro atoms. The lowest BCUT2D eigenvalue weighted by Gasteiger charge is -2.15. The molecule has 6 heteroatoms. The fourth-order valence-electron chi connectivity index (χ4n) is 3.40. The smallest absolute Gasteiger partial charge is 0.315 e. The van der Waals surface area contributed by atoms with Gasteiger partial charge in [-0.15, -0.1) is 5.10 Å². The number of aryl methyl sites for hydroxylation is 3. The molecule has 1 heterocycles. The number of urea groups is 1. The number of hydrogen-bond donors (Lipinski definition) is 2. The van der Waals surface area contributed by atoms with E-state index in [1.165, 1.54) is 11.1 Å². The van der Waals surface area contributed by atoms with Crippen molar-refractivity contribution in [3.05, 3.63) is 47.2 Å². The Hall–Kier alpha value is -2.50. The fourth-order valence-corrected chi connectivity index (χ4v) is 3.40. The van der Waals surface area contributed by atoms with Crippen LogP contribution in [0.5, 0.6) is 5.88 Å². The number of hydrogen-bond acceptors (Lipinski definition) is 3. The van der Waals surface area contributed by atoms with E-state index in [0.29, 0.717) is 24.9 Å². The van der Waals surface area contributed by atoms with E-state index < -0.39 is 0 Å². The summed E-state index contributed by atoms with van der Waals surface area (Å²) in [5.74, 6) is 1.07. The average molecular weight is 342 g/mol. The highest BCUT2D eigenvalue weighted by atomic mass is 16.5. The quantitative estimate of drug-likeness (QED) is 0.820. The average Bonchev–Trinajstić information content (AvgIpc) is 2.86. The van der Waals surface area contributed by atoms with E-state index >= 15 is 0 Å². The number of fused-ring (bicyclic) bond motifs is 1. The van der Waals surface area contributed by atoms with Crippen molar-refractivity contribution in [1.29, 1.82) is 0 Å². The van der Waals surface area contributed by atoms with Crippen molar-refractivity contribution in [2.24, 2.45) is 13.0 Å². The first-order valence-electron chi connectivity index (χ1n) is 8.80. The van der Waals surface area contributed by atoms with Gasteiger partial charge in [0.15, 0.2) is 0 Å². The largest absolute Gasteiger partial charge is 0.480 e. The van der Waals surface area contributed by atoms with E-state index in [2.05, 4.69) is 40.0 Å². The van der Waals surface area contributed by atoms with Crippen molar-refractivity contribution in [3.8, 4) is 5.88 Å². The zero-order chi connectivity index (χ0) is 17.6. The molecule has 1 aliphatic rings. The van der Waals surface area contributed by atoms with Crippen LogP contribution in [0.2, 0.25) is 0 Å². The molecule has 25 heavy (non-hydrogen) atoms. The number of benzene rings is 1. The number of ether oxygens (including phenoxy) is 1. The monoisotopic (exact) mass is 342 g/mol. The summed E-state index contributed by atoms with van der Waals surface area (Å²) in [5.41, 5.74) is 3.78. The highest BCUT2D eigenvalue weighted by molar-refractivity contribution is 5.73. The van der Waals surface area contributed by atoms with Crippen LogP contribution in [0.1, 0.15) is 29.5 Å². The van der Waals surface area contributed by atoms with E-state index in [-0.39, 0.29) is 6.03 Å². The molecule has 2 amide bonds. The van der Waals surface area contributed by atoms with Crippen LogP contribution >= 0.6 is 0 Å². The van der Waals surface area contributed by atoms with Gasteiger partial charge in [0, 0.05) is 19.8 Å². The lowest BCUT2D eigenvalue weighted by Crippen LogP contribution is -2.38. The summed E-state index contributed by atoms with van der Waals surface area (Å²) >= 11 is 0. The van der Waals surface area contributed by atoms with Crippen molar-refractivity contribution in [2.45, 2.75) is 32.2 Å². The second kappa shape index (κ2) is 8.05. The molecule has 2 N–H and O–H groups in total. The molecule has 6 nitrogen and oxygen atoms in total. The van der Waals surface area contributed by atoms with Gasteiger partial charge in [0.1, 0.15) is 0 Å². The molecule has 0 unspecified atom stereocenters. The van der Waals surface area contributed by atoms with Crippen LogP contribution in [0.3, 0.4) is 0 Å². The Morgan fingerprint density at radius 2 is 1.92 bits per heavy atom. The number of carbonyl (C=O) groups excluding carboxylic acids is 1. The van der Waals surface area contributed by atoms with E-state index in [9.17, 15) is 4.79 Å². The van der Waals surface area contributed by atoms with Crippen molar-refractivity contribution in [3.63, 3.8) is 0 Å². The van der Waals surface area contributed by atoms with Crippen LogP contribution < -0.4 is 15.4 Å². The van der Waals surface area contributed by atoms with Gasteiger partial charge in [0.2, 0.25) is 5.88 Å². The van der Waals surface area contributed by atoms with Crippen LogP contribution in [-0.4, -0.2) is 29.5 Å². The second-order valence-corrected chi connectivity index (χ2v) is 6.61. The van der Waals surface area contributed by atoms with Gasteiger partial charge in [-0.1, -0.05) is 24.3 Å². The Morgan fingerprint density at radius 1 is 1.24 bits per heavy atom. The predicted molar refractivity (Wildman–Crippen MR) is 96.6 cm³/mol. The maximum absolute atomic E-state index is 12.1. The van der Waals surface area contributed by atoms with Crippen LogP contribution in [0.15, 0.2) is 30.5 Å². The number of carbonyl (C=O) groups is 1. The highest BCUT2D eigenvalue weighted by Crippen LogP contribution is 2.24. The second-order valence-electron chi connectivity index (χ2n) is 6.61. The number of nitrogens with zero attached hydrogens (tertiary/aromatic N) is 2.